The predicted octanol–water partition coefficient (Wildman–Crippen LogP) is 2.16. The molecule has 0 N–H and O–H groups in total. The van der Waals surface area contributed by atoms with Gasteiger partial charge in [0.2, 0.25) is 5.82 Å². The zero-order valence-corrected chi connectivity index (χ0v) is 17.3. The molecule has 0 unspecified atom stereocenters. The predicted molar refractivity (Wildman–Crippen MR) is 109 cm³/mol. The molecule has 1 fully saturated rings. The Kier molecular flexibility index (Phi) is 4.92. The Morgan fingerprint density at radius 1 is 1.13 bits per heavy atom. The van der Waals surface area contributed by atoms with Crippen LogP contribution in [0.4, 0.5) is 6.01 Å². The number of fused-ring (bicyclic) bond motifs is 1. The van der Waals surface area contributed by atoms with Gasteiger partial charge in [0.05, 0.1) is 13.2 Å². The van der Waals surface area contributed by atoms with Crippen molar-refractivity contribution < 1.29 is 14.1 Å². The van der Waals surface area contributed by atoms with Crippen LogP contribution in [0, 0.1) is 0 Å². The molecule has 0 bridgehead atoms. The van der Waals surface area contributed by atoms with E-state index in [0.717, 1.165) is 23.2 Å². The second-order valence-electron chi connectivity index (χ2n) is 7.39. The number of aromatic nitrogens is 4. The van der Waals surface area contributed by atoms with Crippen molar-refractivity contribution in [3.05, 3.63) is 46.2 Å². The van der Waals surface area contributed by atoms with Crippen LogP contribution in [0.1, 0.15) is 21.7 Å². The quantitative estimate of drug-likeness (QED) is 0.631. The fourth-order valence-corrected chi connectivity index (χ4v) is 4.02. The number of hydrogen-bond acceptors (Lipinski definition) is 7. The van der Waals surface area contributed by atoms with E-state index in [2.05, 4.69) is 15.2 Å². The summed E-state index contributed by atoms with van der Waals surface area (Å²) < 4.78 is 12.8. The summed E-state index contributed by atoms with van der Waals surface area (Å²) in [5, 5.41) is 9.19. The third-order valence-corrected chi connectivity index (χ3v) is 5.81. The third-order valence-electron chi connectivity index (χ3n) is 5.56. The van der Waals surface area contributed by atoms with Gasteiger partial charge in [-0.1, -0.05) is 16.8 Å². The first-order chi connectivity index (χ1) is 14.6. The van der Waals surface area contributed by atoms with Gasteiger partial charge in [0.1, 0.15) is 0 Å². The molecule has 0 saturated carbocycles. The molecule has 3 aromatic rings. The van der Waals surface area contributed by atoms with E-state index < -0.39 is 0 Å². The number of anilines is 1. The number of halogens is 1. The normalized spacial score (nSPS) is 16.6. The minimum atomic E-state index is -0.0515. The van der Waals surface area contributed by atoms with Crippen molar-refractivity contribution in [2.24, 2.45) is 7.05 Å². The van der Waals surface area contributed by atoms with Gasteiger partial charge in [-0.25, -0.2) is 0 Å². The highest BCUT2D eigenvalue weighted by Crippen LogP contribution is 2.24. The summed E-state index contributed by atoms with van der Waals surface area (Å²) in [5.74, 6) is 0.463. The maximum absolute atomic E-state index is 13.1. The highest BCUT2D eigenvalue weighted by Gasteiger charge is 2.30. The Bertz CT molecular complexity index is 1070. The Balaban J connectivity index is 1.26. The summed E-state index contributed by atoms with van der Waals surface area (Å²) in [6.45, 7) is 3.45. The molecule has 5 rings (SSSR count). The van der Waals surface area contributed by atoms with Crippen LogP contribution in [0.25, 0.3) is 11.4 Å². The van der Waals surface area contributed by atoms with E-state index in [1.807, 2.05) is 29.0 Å². The van der Waals surface area contributed by atoms with Crippen LogP contribution in [0.2, 0.25) is 5.02 Å². The molecule has 9 nitrogen and oxygen atoms in total. The number of nitrogens with zero attached hydrogens (tertiary/aromatic N) is 6. The van der Waals surface area contributed by atoms with Gasteiger partial charge in [-0.05, 0) is 24.3 Å². The second kappa shape index (κ2) is 7.73. The van der Waals surface area contributed by atoms with Crippen LogP contribution in [0.5, 0.6) is 0 Å². The molecule has 30 heavy (non-hydrogen) atoms. The molecule has 10 heteroatoms. The lowest BCUT2D eigenvalue weighted by atomic mass is 10.1. The van der Waals surface area contributed by atoms with Gasteiger partial charge in [0.15, 0.2) is 5.69 Å². The molecule has 2 aliphatic heterocycles. The van der Waals surface area contributed by atoms with Crippen LogP contribution in [-0.4, -0.2) is 63.5 Å². The number of benzene rings is 1. The number of hydrogen-bond donors (Lipinski definition) is 0. The van der Waals surface area contributed by atoms with Crippen LogP contribution in [-0.2, 0) is 24.8 Å². The van der Waals surface area contributed by atoms with Crippen LogP contribution < -0.4 is 4.90 Å². The van der Waals surface area contributed by atoms with Crippen molar-refractivity contribution in [1.82, 2.24) is 24.8 Å². The molecule has 0 atom stereocenters. The number of carbonyl (C=O) groups excluding carboxylic acids is 1. The standard InChI is InChI=1S/C20H21ClN6O3/c1-25-16-6-11-29-12-15(16)17(23-25)19(28)26-7-9-27(10-8-26)20-22-18(24-30-20)13-2-4-14(21)5-3-13/h2-5H,6-12H2,1H3. The largest absolute Gasteiger partial charge is 0.376 e. The summed E-state index contributed by atoms with van der Waals surface area (Å²) in [6, 6.07) is 7.74. The van der Waals surface area contributed by atoms with Gasteiger partial charge in [-0.2, -0.15) is 10.1 Å². The van der Waals surface area contributed by atoms with Gasteiger partial charge >= 0.3 is 6.01 Å². The summed E-state index contributed by atoms with van der Waals surface area (Å²) in [4.78, 5) is 21.4. The summed E-state index contributed by atoms with van der Waals surface area (Å²) in [7, 11) is 1.88. The van der Waals surface area contributed by atoms with Crippen LogP contribution in [0.3, 0.4) is 0 Å². The van der Waals surface area contributed by atoms with E-state index in [4.69, 9.17) is 20.9 Å². The van der Waals surface area contributed by atoms with Crippen molar-refractivity contribution in [2.75, 3.05) is 37.7 Å². The van der Waals surface area contributed by atoms with Gasteiger partial charge in [0.25, 0.3) is 5.91 Å². The SMILES string of the molecule is Cn1nc(C(=O)N2CCN(c3nc(-c4ccc(Cl)cc4)no3)CC2)c2c1CCOC2. The van der Waals surface area contributed by atoms with Crippen molar-refractivity contribution >= 4 is 23.5 Å². The van der Waals surface area contributed by atoms with E-state index in [1.165, 1.54) is 0 Å². The van der Waals surface area contributed by atoms with Crippen LogP contribution in [0.15, 0.2) is 28.8 Å². The maximum atomic E-state index is 13.1. The molecule has 0 aliphatic carbocycles. The molecule has 2 aliphatic rings. The first-order valence-electron chi connectivity index (χ1n) is 9.86. The molecule has 2 aromatic heterocycles. The summed E-state index contributed by atoms with van der Waals surface area (Å²) in [6.07, 6.45) is 0.785. The lowest BCUT2D eigenvalue weighted by Crippen LogP contribution is -2.49. The van der Waals surface area contributed by atoms with E-state index in [1.54, 1.807) is 16.8 Å². The van der Waals surface area contributed by atoms with Crippen molar-refractivity contribution in [1.29, 1.82) is 0 Å². The fraction of sp³-hybridized carbons (Fsp3) is 0.400. The van der Waals surface area contributed by atoms with E-state index >= 15 is 0 Å². The summed E-state index contributed by atoms with van der Waals surface area (Å²) >= 11 is 5.93. The minimum Gasteiger partial charge on any atom is -0.376 e. The summed E-state index contributed by atoms with van der Waals surface area (Å²) in [5.41, 5.74) is 3.35. The molecule has 1 amide bonds. The highest BCUT2D eigenvalue weighted by molar-refractivity contribution is 6.30. The molecular formula is C20H21ClN6O3. The van der Waals surface area contributed by atoms with Crippen molar-refractivity contribution in [2.45, 2.75) is 13.0 Å². The van der Waals surface area contributed by atoms with E-state index in [0.29, 0.717) is 61.9 Å². The van der Waals surface area contributed by atoms with E-state index in [-0.39, 0.29) is 5.91 Å². The lowest BCUT2D eigenvalue weighted by molar-refractivity contribution is 0.0725. The molecule has 0 radical (unpaired) electrons. The topological polar surface area (TPSA) is 89.5 Å². The zero-order chi connectivity index (χ0) is 20.7. The number of carbonyl (C=O) groups is 1. The number of ether oxygens (including phenoxy) is 1. The van der Waals surface area contributed by atoms with Gasteiger partial charge < -0.3 is 19.1 Å². The van der Waals surface area contributed by atoms with Gasteiger partial charge in [-0.3, -0.25) is 9.48 Å². The minimum absolute atomic E-state index is 0.0515. The first kappa shape index (κ1) is 19.1. The number of rotatable bonds is 3. The number of amides is 1. The highest BCUT2D eigenvalue weighted by atomic mass is 35.5. The van der Waals surface area contributed by atoms with Gasteiger partial charge in [-0.15, -0.1) is 0 Å². The molecule has 4 heterocycles. The third kappa shape index (κ3) is 3.44. The average molecular weight is 429 g/mol. The first-order valence-corrected chi connectivity index (χ1v) is 10.2. The maximum Gasteiger partial charge on any atom is 0.324 e. The van der Waals surface area contributed by atoms with Crippen molar-refractivity contribution in [3.8, 4) is 11.4 Å². The fourth-order valence-electron chi connectivity index (χ4n) is 3.89. The number of aryl methyl sites for hydroxylation is 1. The second-order valence-corrected chi connectivity index (χ2v) is 7.82. The Morgan fingerprint density at radius 2 is 1.90 bits per heavy atom. The Morgan fingerprint density at radius 3 is 2.67 bits per heavy atom. The van der Waals surface area contributed by atoms with Crippen molar-refractivity contribution in [3.63, 3.8) is 0 Å². The lowest BCUT2D eigenvalue weighted by Gasteiger charge is -2.33. The average Bonchev–Trinajstić information content (AvgIpc) is 3.40. The van der Waals surface area contributed by atoms with Gasteiger partial charge in [0, 0.05) is 61.5 Å². The molecule has 1 aromatic carbocycles. The number of piperazine rings is 1. The monoisotopic (exact) mass is 428 g/mol. The molecule has 156 valence electrons. The molecule has 1 saturated heterocycles. The Labute approximate surface area is 178 Å². The van der Waals surface area contributed by atoms with E-state index in [9.17, 15) is 4.79 Å². The Hall–Kier alpha value is -2.91. The molecular weight excluding hydrogens is 408 g/mol. The zero-order valence-electron chi connectivity index (χ0n) is 16.5. The molecule has 0 spiro atoms. The smallest absolute Gasteiger partial charge is 0.324 e. The van der Waals surface area contributed by atoms with Crippen LogP contribution >= 0.6 is 11.6 Å².